The van der Waals surface area contributed by atoms with E-state index in [-0.39, 0.29) is 5.25 Å². The minimum atomic E-state index is -3.09. The fourth-order valence-corrected chi connectivity index (χ4v) is 3.12. The summed E-state index contributed by atoms with van der Waals surface area (Å²) in [5.41, 5.74) is 5.37. The van der Waals surface area contributed by atoms with Crippen molar-refractivity contribution in [2.24, 2.45) is 5.73 Å². The number of nitrogens with two attached hydrogens (primary N) is 1. The molecule has 0 atom stereocenters. The van der Waals surface area contributed by atoms with E-state index in [1.54, 1.807) is 7.11 Å². The second-order valence-electron chi connectivity index (χ2n) is 3.42. The van der Waals surface area contributed by atoms with E-state index in [1.165, 1.54) is 4.31 Å². The van der Waals surface area contributed by atoms with E-state index in [0.717, 1.165) is 12.8 Å². The van der Waals surface area contributed by atoms with E-state index in [9.17, 15) is 8.42 Å². The molecule has 1 aliphatic rings. The lowest BCUT2D eigenvalue weighted by Crippen LogP contribution is -2.39. The largest absolute Gasteiger partial charge is 0.383 e. The average Bonchev–Trinajstić information content (AvgIpc) is 2.94. The van der Waals surface area contributed by atoms with E-state index in [1.807, 2.05) is 0 Å². The van der Waals surface area contributed by atoms with Crippen molar-refractivity contribution < 1.29 is 13.2 Å². The van der Waals surface area contributed by atoms with Crippen LogP contribution in [0, 0.1) is 0 Å². The lowest BCUT2D eigenvalue weighted by molar-refractivity contribution is 0.179. The minimum absolute atomic E-state index is 0.161. The first-order chi connectivity index (χ1) is 6.62. The van der Waals surface area contributed by atoms with E-state index in [2.05, 4.69) is 0 Å². The normalized spacial score (nSPS) is 17.6. The molecule has 0 radical (unpaired) electrons. The van der Waals surface area contributed by atoms with Crippen molar-refractivity contribution in [2.75, 3.05) is 33.4 Å². The summed E-state index contributed by atoms with van der Waals surface area (Å²) in [5, 5.41) is -0.161. The molecule has 2 N–H and O–H groups in total. The van der Waals surface area contributed by atoms with Crippen LogP contribution in [0.5, 0.6) is 0 Å². The summed E-state index contributed by atoms with van der Waals surface area (Å²) in [6, 6.07) is 0. The predicted octanol–water partition coefficient (Wildman–Crippen LogP) is -0.614. The van der Waals surface area contributed by atoms with E-state index >= 15 is 0 Å². The minimum Gasteiger partial charge on any atom is -0.383 e. The van der Waals surface area contributed by atoms with E-state index in [0.29, 0.717) is 26.2 Å². The molecule has 0 aliphatic heterocycles. The number of hydrogen-bond acceptors (Lipinski definition) is 4. The fourth-order valence-electron chi connectivity index (χ4n) is 1.28. The molecule has 0 aromatic rings. The second-order valence-corrected chi connectivity index (χ2v) is 5.64. The Bertz CT molecular complexity index is 262. The Kier molecular flexibility index (Phi) is 4.31. The van der Waals surface area contributed by atoms with Gasteiger partial charge in [0.2, 0.25) is 10.0 Å². The van der Waals surface area contributed by atoms with Gasteiger partial charge in [0, 0.05) is 26.7 Å². The van der Waals surface area contributed by atoms with Crippen LogP contribution >= 0.6 is 0 Å². The maximum atomic E-state index is 11.8. The molecule has 1 aliphatic carbocycles. The van der Waals surface area contributed by atoms with Crippen LogP contribution < -0.4 is 5.73 Å². The molecule has 84 valence electrons. The zero-order valence-electron chi connectivity index (χ0n) is 8.48. The quantitative estimate of drug-likeness (QED) is 0.623. The number of rotatable bonds is 7. The van der Waals surface area contributed by atoms with Crippen LogP contribution in [0.4, 0.5) is 0 Å². The third-order valence-electron chi connectivity index (χ3n) is 2.23. The Labute approximate surface area is 85.3 Å². The monoisotopic (exact) mass is 222 g/mol. The number of nitrogens with zero attached hydrogens (tertiary/aromatic N) is 1. The summed E-state index contributed by atoms with van der Waals surface area (Å²) in [5.74, 6) is 0. The maximum absolute atomic E-state index is 11.8. The van der Waals surface area contributed by atoms with Crippen LogP contribution in [0.1, 0.15) is 12.8 Å². The molecule has 1 rings (SSSR count). The summed E-state index contributed by atoms with van der Waals surface area (Å²) in [6.07, 6.45) is 1.58. The molecule has 0 bridgehead atoms. The highest BCUT2D eigenvalue weighted by Crippen LogP contribution is 2.30. The van der Waals surface area contributed by atoms with Crippen molar-refractivity contribution in [3.63, 3.8) is 0 Å². The Hall–Kier alpha value is -0.170. The molecule has 0 saturated heterocycles. The molecule has 0 aromatic heterocycles. The van der Waals surface area contributed by atoms with Gasteiger partial charge in [-0.1, -0.05) is 0 Å². The third-order valence-corrected chi connectivity index (χ3v) is 4.63. The lowest BCUT2D eigenvalue weighted by atomic mass is 10.6. The van der Waals surface area contributed by atoms with Crippen molar-refractivity contribution in [1.29, 1.82) is 0 Å². The van der Waals surface area contributed by atoms with E-state index in [4.69, 9.17) is 10.5 Å². The summed E-state index contributed by atoms with van der Waals surface area (Å²) >= 11 is 0. The Balaban J connectivity index is 2.55. The summed E-state index contributed by atoms with van der Waals surface area (Å²) in [7, 11) is -1.53. The van der Waals surface area contributed by atoms with Crippen molar-refractivity contribution in [3.05, 3.63) is 0 Å². The number of hydrogen-bond donors (Lipinski definition) is 1. The standard InChI is InChI=1S/C8H18N2O3S/c1-13-7-6-10(5-4-9)14(11,12)8-2-3-8/h8H,2-7,9H2,1H3. The van der Waals surface area contributed by atoms with Crippen LogP contribution in [0.3, 0.4) is 0 Å². The zero-order chi connectivity index (χ0) is 10.6. The van der Waals surface area contributed by atoms with Crippen molar-refractivity contribution >= 4 is 10.0 Å². The van der Waals surface area contributed by atoms with Crippen molar-refractivity contribution in [2.45, 2.75) is 18.1 Å². The van der Waals surface area contributed by atoms with Crippen LogP contribution in [-0.2, 0) is 14.8 Å². The van der Waals surface area contributed by atoms with E-state index < -0.39 is 10.0 Å². The highest BCUT2D eigenvalue weighted by molar-refractivity contribution is 7.90. The smallest absolute Gasteiger partial charge is 0.217 e. The molecule has 0 amide bonds. The topological polar surface area (TPSA) is 72.6 Å². The highest BCUT2D eigenvalue weighted by atomic mass is 32.2. The molecule has 1 fully saturated rings. The molecule has 0 spiro atoms. The van der Waals surface area contributed by atoms with Gasteiger partial charge >= 0.3 is 0 Å². The molecule has 0 heterocycles. The zero-order valence-corrected chi connectivity index (χ0v) is 9.29. The summed E-state index contributed by atoms with van der Waals surface area (Å²) < 4.78 is 29.9. The molecular weight excluding hydrogens is 204 g/mol. The summed E-state index contributed by atoms with van der Waals surface area (Å²) in [6.45, 7) is 1.58. The van der Waals surface area contributed by atoms with Gasteiger partial charge in [0.1, 0.15) is 0 Å². The predicted molar refractivity (Wildman–Crippen MR) is 54.4 cm³/mol. The molecule has 0 unspecified atom stereocenters. The van der Waals surface area contributed by atoms with Gasteiger partial charge < -0.3 is 10.5 Å². The van der Waals surface area contributed by atoms with Gasteiger partial charge in [-0.15, -0.1) is 0 Å². The first-order valence-corrected chi connectivity index (χ1v) is 6.31. The molecule has 6 heteroatoms. The second kappa shape index (κ2) is 5.06. The Morgan fingerprint density at radius 2 is 2.07 bits per heavy atom. The SMILES string of the molecule is COCCN(CCN)S(=O)(=O)C1CC1. The number of methoxy groups -OCH3 is 1. The van der Waals surface area contributed by atoms with Gasteiger partial charge in [-0.2, -0.15) is 4.31 Å². The van der Waals surface area contributed by atoms with Crippen LogP contribution in [-0.4, -0.2) is 51.3 Å². The maximum Gasteiger partial charge on any atom is 0.217 e. The Morgan fingerprint density at radius 3 is 2.50 bits per heavy atom. The summed E-state index contributed by atoms with van der Waals surface area (Å²) in [4.78, 5) is 0. The number of ether oxygens (including phenoxy) is 1. The number of sulfonamides is 1. The first kappa shape index (κ1) is 11.9. The van der Waals surface area contributed by atoms with Gasteiger partial charge in [0.05, 0.1) is 11.9 Å². The van der Waals surface area contributed by atoms with Crippen molar-refractivity contribution in [3.8, 4) is 0 Å². The Morgan fingerprint density at radius 1 is 1.43 bits per heavy atom. The highest BCUT2D eigenvalue weighted by Gasteiger charge is 2.39. The molecule has 1 saturated carbocycles. The van der Waals surface area contributed by atoms with Gasteiger partial charge in [-0.3, -0.25) is 0 Å². The van der Waals surface area contributed by atoms with Crippen LogP contribution in [0.15, 0.2) is 0 Å². The van der Waals surface area contributed by atoms with Crippen LogP contribution in [0.2, 0.25) is 0 Å². The average molecular weight is 222 g/mol. The molecule has 5 nitrogen and oxygen atoms in total. The van der Waals surface area contributed by atoms with Gasteiger partial charge in [0.25, 0.3) is 0 Å². The van der Waals surface area contributed by atoms with Gasteiger partial charge in [0.15, 0.2) is 0 Å². The third kappa shape index (κ3) is 2.91. The lowest BCUT2D eigenvalue weighted by Gasteiger charge is -2.20. The van der Waals surface area contributed by atoms with Crippen LogP contribution in [0.25, 0.3) is 0 Å². The van der Waals surface area contributed by atoms with Crippen molar-refractivity contribution in [1.82, 2.24) is 4.31 Å². The molecular formula is C8H18N2O3S. The van der Waals surface area contributed by atoms with Gasteiger partial charge in [-0.25, -0.2) is 8.42 Å². The molecule has 0 aromatic carbocycles. The molecule has 14 heavy (non-hydrogen) atoms. The fraction of sp³-hybridized carbons (Fsp3) is 1.00. The van der Waals surface area contributed by atoms with Gasteiger partial charge in [-0.05, 0) is 12.8 Å². The first-order valence-electron chi connectivity index (χ1n) is 4.81.